The number of nitrogens with zero attached hydrogens (tertiary/aromatic N) is 2. The van der Waals surface area contributed by atoms with Crippen LogP contribution in [-0.2, 0) is 0 Å². The van der Waals surface area contributed by atoms with E-state index in [0.717, 1.165) is 5.69 Å². The van der Waals surface area contributed by atoms with Crippen LogP contribution in [0, 0.1) is 0 Å². The number of furan rings is 1. The highest BCUT2D eigenvalue weighted by Gasteiger charge is 2.23. The van der Waals surface area contributed by atoms with Gasteiger partial charge in [0, 0.05) is 59.8 Å². The second kappa shape index (κ2) is 11.9. The van der Waals surface area contributed by atoms with Crippen molar-refractivity contribution in [2.45, 2.75) is 0 Å². The molecule has 0 atom stereocenters. The Balaban J connectivity index is 1.18. The Labute approximate surface area is 242 Å². The minimum absolute atomic E-state index is 0.0615. The topological polar surface area (TPSA) is 84.3 Å². The third kappa shape index (κ3) is 6.03. The average Bonchev–Trinajstić information content (AvgIpc) is 3.48. The van der Waals surface area contributed by atoms with Crippen LogP contribution >= 0.6 is 23.2 Å². The summed E-state index contributed by atoms with van der Waals surface area (Å²) in [6.07, 6.45) is 0. The lowest BCUT2D eigenvalue weighted by atomic mass is 10.1. The van der Waals surface area contributed by atoms with Crippen molar-refractivity contribution in [1.82, 2.24) is 4.90 Å². The van der Waals surface area contributed by atoms with Crippen molar-refractivity contribution in [3.8, 4) is 22.8 Å². The van der Waals surface area contributed by atoms with Gasteiger partial charge in [0.05, 0.1) is 19.2 Å². The Kier molecular flexibility index (Phi) is 8.19. The molecular weight excluding hydrogens is 553 g/mol. The van der Waals surface area contributed by atoms with Gasteiger partial charge >= 0.3 is 0 Å². The molecule has 1 saturated heterocycles. The molecule has 0 spiro atoms. The van der Waals surface area contributed by atoms with E-state index in [1.54, 1.807) is 62.8 Å². The van der Waals surface area contributed by atoms with Crippen molar-refractivity contribution in [2.75, 3.05) is 50.6 Å². The van der Waals surface area contributed by atoms with Gasteiger partial charge in [-0.25, -0.2) is 0 Å². The zero-order valence-electron chi connectivity index (χ0n) is 21.9. The smallest absolute Gasteiger partial charge is 0.291 e. The first-order valence-electron chi connectivity index (χ1n) is 12.6. The molecule has 0 aliphatic carbocycles. The lowest BCUT2D eigenvalue weighted by molar-refractivity contribution is 0.0746. The number of hydrogen-bond donors (Lipinski definition) is 1. The highest BCUT2D eigenvalue weighted by Crippen LogP contribution is 2.32. The minimum Gasteiger partial charge on any atom is -0.497 e. The van der Waals surface area contributed by atoms with E-state index in [2.05, 4.69) is 10.2 Å². The van der Waals surface area contributed by atoms with Gasteiger partial charge in [0.1, 0.15) is 17.3 Å². The zero-order chi connectivity index (χ0) is 28.2. The largest absolute Gasteiger partial charge is 0.497 e. The zero-order valence-corrected chi connectivity index (χ0v) is 23.5. The predicted octanol–water partition coefficient (Wildman–Crippen LogP) is 6.49. The Morgan fingerprint density at radius 2 is 1.50 bits per heavy atom. The standard InChI is InChI=1S/C30H27Cl2N3O5/c1-38-23-15-19(16-24(18-23)39-2)30(37)35-13-11-34(12-14-35)22-6-4-21(5-7-22)33-29(36)28-10-9-27(40-28)25-17-20(31)3-8-26(25)32/h3-10,15-18H,11-14H2,1-2H3,(H,33,36). The summed E-state index contributed by atoms with van der Waals surface area (Å²) in [7, 11) is 3.12. The molecule has 0 unspecified atom stereocenters. The summed E-state index contributed by atoms with van der Waals surface area (Å²) >= 11 is 12.3. The third-order valence-corrected chi connectivity index (χ3v) is 7.24. The molecule has 1 aromatic heterocycles. The number of piperazine rings is 1. The number of hydrogen-bond acceptors (Lipinski definition) is 6. The summed E-state index contributed by atoms with van der Waals surface area (Å²) in [6.45, 7) is 2.52. The molecule has 8 nitrogen and oxygen atoms in total. The molecule has 2 amide bonds. The number of ether oxygens (including phenoxy) is 2. The lowest BCUT2D eigenvalue weighted by Gasteiger charge is -2.36. The number of carbonyl (C=O) groups excluding carboxylic acids is 2. The van der Waals surface area contributed by atoms with Crippen LogP contribution in [0.5, 0.6) is 11.5 Å². The van der Waals surface area contributed by atoms with Crippen LogP contribution < -0.4 is 19.7 Å². The SMILES string of the molecule is COc1cc(OC)cc(C(=O)N2CCN(c3ccc(NC(=O)c4ccc(-c5cc(Cl)ccc5Cl)o4)cc3)CC2)c1. The van der Waals surface area contributed by atoms with Crippen molar-refractivity contribution in [1.29, 1.82) is 0 Å². The van der Waals surface area contributed by atoms with Gasteiger partial charge in [0.2, 0.25) is 0 Å². The van der Waals surface area contributed by atoms with Crippen LogP contribution in [0.2, 0.25) is 10.0 Å². The Bertz CT molecular complexity index is 1510. The molecule has 1 N–H and O–H groups in total. The molecule has 5 rings (SSSR count). The third-order valence-electron chi connectivity index (χ3n) is 6.68. The second-order valence-electron chi connectivity index (χ2n) is 9.17. The van der Waals surface area contributed by atoms with Gasteiger partial charge in [-0.05, 0) is 66.7 Å². The molecule has 0 bridgehead atoms. The highest BCUT2D eigenvalue weighted by molar-refractivity contribution is 6.35. The Hall–Kier alpha value is -4.14. The molecule has 206 valence electrons. The van der Waals surface area contributed by atoms with Crippen LogP contribution in [0.3, 0.4) is 0 Å². The fourth-order valence-electron chi connectivity index (χ4n) is 4.52. The number of methoxy groups -OCH3 is 2. The minimum atomic E-state index is -0.376. The van der Waals surface area contributed by atoms with E-state index >= 15 is 0 Å². The number of halogens is 2. The summed E-state index contributed by atoms with van der Waals surface area (Å²) in [5.74, 6) is 1.32. The number of anilines is 2. The van der Waals surface area contributed by atoms with Crippen molar-refractivity contribution >= 4 is 46.4 Å². The average molecular weight is 580 g/mol. The van der Waals surface area contributed by atoms with Gasteiger partial charge in [-0.15, -0.1) is 0 Å². The van der Waals surface area contributed by atoms with E-state index in [0.29, 0.717) is 70.3 Å². The summed E-state index contributed by atoms with van der Waals surface area (Å²) < 4.78 is 16.3. The number of benzene rings is 3. The molecule has 0 radical (unpaired) electrons. The summed E-state index contributed by atoms with van der Waals surface area (Å²) in [4.78, 5) is 29.9. The fraction of sp³-hybridized carbons (Fsp3) is 0.200. The molecule has 2 heterocycles. The fourth-order valence-corrected chi connectivity index (χ4v) is 4.90. The maximum absolute atomic E-state index is 13.1. The first-order chi connectivity index (χ1) is 19.3. The van der Waals surface area contributed by atoms with E-state index < -0.39 is 0 Å². The number of rotatable bonds is 7. The highest BCUT2D eigenvalue weighted by atomic mass is 35.5. The van der Waals surface area contributed by atoms with Gasteiger partial charge in [0.25, 0.3) is 11.8 Å². The first-order valence-corrected chi connectivity index (χ1v) is 13.3. The molecular formula is C30H27Cl2N3O5. The van der Waals surface area contributed by atoms with Crippen molar-refractivity contribution < 1.29 is 23.5 Å². The van der Waals surface area contributed by atoms with E-state index in [1.807, 2.05) is 29.2 Å². The van der Waals surface area contributed by atoms with E-state index in [4.69, 9.17) is 37.1 Å². The second-order valence-corrected chi connectivity index (χ2v) is 10.0. The van der Waals surface area contributed by atoms with Crippen molar-refractivity contribution in [2.24, 2.45) is 0 Å². The molecule has 1 aliphatic heterocycles. The first kappa shape index (κ1) is 27.4. The van der Waals surface area contributed by atoms with Crippen LogP contribution in [0.4, 0.5) is 11.4 Å². The Morgan fingerprint density at radius 3 is 2.15 bits per heavy atom. The van der Waals surface area contributed by atoms with Crippen molar-refractivity contribution in [3.05, 3.63) is 94.2 Å². The monoisotopic (exact) mass is 579 g/mol. The van der Waals surface area contributed by atoms with Crippen LogP contribution in [0.1, 0.15) is 20.9 Å². The number of amides is 2. The predicted molar refractivity (Wildman–Crippen MR) is 156 cm³/mol. The van der Waals surface area contributed by atoms with E-state index in [1.165, 1.54) is 0 Å². The van der Waals surface area contributed by atoms with Crippen LogP contribution in [-0.4, -0.2) is 57.1 Å². The van der Waals surface area contributed by atoms with E-state index in [-0.39, 0.29) is 17.6 Å². The molecule has 4 aromatic rings. The Morgan fingerprint density at radius 1 is 0.825 bits per heavy atom. The molecule has 0 saturated carbocycles. The number of carbonyl (C=O) groups is 2. The molecule has 10 heteroatoms. The molecule has 1 aliphatic rings. The van der Waals surface area contributed by atoms with Gasteiger partial charge in [-0.3, -0.25) is 9.59 Å². The van der Waals surface area contributed by atoms with Gasteiger partial charge in [0.15, 0.2) is 5.76 Å². The normalized spacial score (nSPS) is 13.2. The van der Waals surface area contributed by atoms with Crippen LogP contribution in [0.25, 0.3) is 11.3 Å². The van der Waals surface area contributed by atoms with Gasteiger partial charge < -0.3 is 29.0 Å². The van der Waals surface area contributed by atoms with Crippen LogP contribution in [0.15, 0.2) is 77.2 Å². The quantitative estimate of drug-likeness (QED) is 0.269. The maximum Gasteiger partial charge on any atom is 0.291 e. The van der Waals surface area contributed by atoms with Gasteiger partial charge in [-0.2, -0.15) is 0 Å². The number of nitrogens with one attached hydrogen (secondary N) is 1. The molecule has 40 heavy (non-hydrogen) atoms. The summed E-state index contributed by atoms with van der Waals surface area (Å²) in [5.41, 5.74) is 2.78. The summed E-state index contributed by atoms with van der Waals surface area (Å²) in [6, 6.07) is 21.1. The van der Waals surface area contributed by atoms with E-state index in [9.17, 15) is 9.59 Å². The maximum atomic E-state index is 13.1. The molecule has 1 fully saturated rings. The van der Waals surface area contributed by atoms with Crippen molar-refractivity contribution in [3.63, 3.8) is 0 Å². The summed E-state index contributed by atoms with van der Waals surface area (Å²) in [5, 5.41) is 3.85. The van der Waals surface area contributed by atoms with Gasteiger partial charge in [-0.1, -0.05) is 23.2 Å². The lowest BCUT2D eigenvalue weighted by Crippen LogP contribution is -2.48. The molecule has 3 aromatic carbocycles.